The van der Waals surface area contributed by atoms with Crippen LogP contribution in [0.4, 0.5) is 5.69 Å². The molecule has 26 heavy (non-hydrogen) atoms. The first-order valence-electron chi connectivity index (χ1n) is 8.90. The molecule has 0 aliphatic rings. The maximum absolute atomic E-state index is 12.5. The van der Waals surface area contributed by atoms with Crippen LogP contribution in [0.5, 0.6) is 0 Å². The van der Waals surface area contributed by atoms with E-state index in [1.165, 1.54) is 17.5 Å². The molecule has 1 N–H and O–H groups in total. The molecule has 1 heterocycles. The Bertz CT molecular complexity index is 925. The number of fused-ring (bicyclic) bond motifs is 1. The van der Waals surface area contributed by atoms with Gasteiger partial charge < -0.3 is 9.88 Å². The molecule has 1 amide bonds. The molecule has 0 aliphatic heterocycles. The van der Waals surface area contributed by atoms with E-state index in [0.29, 0.717) is 11.7 Å². The largest absolute Gasteiger partial charge is 0.325 e. The van der Waals surface area contributed by atoms with Crippen molar-refractivity contribution < 1.29 is 4.79 Å². The van der Waals surface area contributed by atoms with Gasteiger partial charge in [-0.25, -0.2) is 4.98 Å². The highest BCUT2D eigenvalue weighted by molar-refractivity contribution is 7.99. The number of amides is 1. The zero-order valence-corrected chi connectivity index (χ0v) is 16.6. The summed E-state index contributed by atoms with van der Waals surface area (Å²) in [5, 5.41) is 6.14. The van der Waals surface area contributed by atoms with Crippen molar-refractivity contribution in [1.82, 2.24) is 9.55 Å². The molecule has 0 atom stereocenters. The molecular formula is C21H25N3OS. The van der Waals surface area contributed by atoms with Crippen molar-refractivity contribution in [2.45, 2.75) is 39.4 Å². The van der Waals surface area contributed by atoms with E-state index in [1.807, 2.05) is 49.4 Å². The number of nitrogens with zero attached hydrogens (tertiary/aromatic N) is 2. The second-order valence-electron chi connectivity index (χ2n) is 6.93. The van der Waals surface area contributed by atoms with Gasteiger partial charge in [-0.15, -0.1) is 0 Å². The third kappa shape index (κ3) is 4.10. The number of carbonyl (C=O) groups is 1. The van der Waals surface area contributed by atoms with Crippen molar-refractivity contribution in [3.8, 4) is 0 Å². The first-order chi connectivity index (χ1) is 12.5. The summed E-state index contributed by atoms with van der Waals surface area (Å²) in [6.45, 7) is 9.41. The summed E-state index contributed by atoms with van der Waals surface area (Å²) < 4.78 is 2.22. The van der Waals surface area contributed by atoms with E-state index in [4.69, 9.17) is 0 Å². The minimum absolute atomic E-state index is 0.0132. The smallest absolute Gasteiger partial charge is 0.234 e. The SMILES string of the molecule is Cc1nc(SCC(=O)Nc2cccc3ccccc23)n(CC(C)C)c1C. The van der Waals surface area contributed by atoms with Gasteiger partial charge in [0.05, 0.1) is 11.4 Å². The molecule has 0 spiro atoms. The second-order valence-corrected chi connectivity index (χ2v) is 7.88. The summed E-state index contributed by atoms with van der Waals surface area (Å²) in [5.41, 5.74) is 3.06. The summed E-state index contributed by atoms with van der Waals surface area (Å²) in [4.78, 5) is 17.1. The molecular weight excluding hydrogens is 342 g/mol. The van der Waals surface area contributed by atoms with Gasteiger partial charge >= 0.3 is 0 Å². The number of rotatable bonds is 6. The number of hydrogen-bond donors (Lipinski definition) is 1. The van der Waals surface area contributed by atoms with Gasteiger partial charge in [0.25, 0.3) is 0 Å². The number of aryl methyl sites for hydroxylation is 1. The molecule has 0 saturated carbocycles. The fourth-order valence-corrected chi connectivity index (χ4v) is 3.87. The third-order valence-electron chi connectivity index (χ3n) is 4.37. The Labute approximate surface area is 159 Å². The van der Waals surface area contributed by atoms with Crippen LogP contribution in [0.15, 0.2) is 47.6 Å². The lowest BCUT2D eigenvalue weighted by atomic mass is 10.1. The molecule has 0 aliphatic carbocycles. The van der Waals surface area contributed by atoms with Crippen LogP contribution in [-0.2, 0) is 11.3 Å². The lowest BCUT2D eigenvalue weighted by molar-refractivity contribution is -0.113. The highest BCUT2D eigenvalue weighted by Gasteiger charge is 2.14. The van der Waals surface area contributed by atoms with Crippen LogP contribution in [0, 0.1) is 19.8 Å². The van der Waals surface area contributed by atoms with Crippen molar-refractivity contribution in [2.24, 2.45) is 5.92 Å². The van der Waals surface area contributed by atoms with Crippen molar-refractivity contribution in [2.75, 3.05) is 11.1 Å². The number of aromatic nitrogens is 2. The van der Waals surface area contributed by atoms with Crippen LogP contribution >= 0.6 is 11.8 Å². The molecule has 0 saturated heterocycles. The van der Waals surface area contributed by atoms with Gasteiger partial charge in [-0.2, -0.15) is 0 Å². The van der Waals surface area contributed by atoms with E-state index in [0.717, 1.165) is 33.9 Å². The number of thioether (sulfide) groups is 1. The zero-order valence-electron chi connectivity index (χ0n) is 15.7. The van der Waals surface area contributed by atoms with Crippen LogP contribution in [0.3, 0.4) is 0 Å². The lowest BCUT2D eigenvalue weighted by Crippen LogP contribution is -2.15. The number of carbonyl (C=O) groups excluding carboxylic acids is 1. The van der Waals surface area contributed by atoms with Gasteiger partial charge in [-0.05, 0) is 31.2 Å². The summed E-state index contributed by atoms with van der Waals surface area (Å²) in [6.07, 6.45) is 0. The van der Waals surface area contributed by atoms with Gasteiger partial charge in [-0.1, -0.05) is 62.0 Å². The number of imidazole rings is 1. The van der Waals surface area contributed by atoms with Gasteiger partial charge in [0, 0.05) is 23.3 Å². The Balaban J connectivity index is 1.71. The number of nitrogens with one attached hydrogen (secondary N) is 1. The van der Waals surface area contributed by atoms with E-state index in [9.17, 15) is 4.79 Å². The standard InChI is InChI=1S/C21H25N3OS/c1-14(2)12-24-16(4)15(3)22-21(24)26-13-20(25)23-19-11-7-9-17-8-5-6-10-18(17)19/h5-11,14H,12-13H2,1-4H3,(H,23,25). The summed E-state index contributed by atoms with van der Waals surface area (Å²) in [6, 6.07) is 14.0. The molecule has 3 aromatic rings. The van der Waals surface area contributed by atoms with Gasteiger partial charge in [0.1, 0.15) is 0 Å². The van der Waals surface area contributed by atoms with E-state index >= 15 is 0 Å². The molecule has 3 rings (SSSR count). The monoisotopic (exact) mass is 367 g/mol. The Hall–Kier alpha value is -2.27. The number of hydrogen-bond acceptors (Lipinski definition) is 3. The molecule has 136 valence electrons. The molecule has 0 bridgehead atoms. The zero-order chi connectivity index (χ0) is 18.7. The van der Waals surface area contributed by atoms with E-state index in [2.05, 4.69) is 35.6 Å². The number of anilines is 1. The fourth-order valence-electron chi connectivity index (χ4n) is 2.96. The highest BCUT2D eigenvalue weighted by atomic mass is 32.2. The lowest BCUT2D eigenvalue weighted by Gasteiger charge is -2.12. The van der Waals surface area contributed by atoms with Gasteiger partial charge in [0.2, 0.25) is 5.91 Å². The van der Waals surface area contributed by atoms with Crippen molar-refractivity contribution in [3.63, 3.8) is 0 Å². The van der Waals surface area contributed by atoms with Gasteiger partial charge in [-0.3, -0.25) is 4.79 Å². The van der Waals surface area contributed by atoms with Crippen LogP contribution in [0.25, 0.3) is 10.8 Å². The van der Waals surface area contributed by atoms with Crippen LogP contribution in [-0.4, -0.2) is 21.2 Å². The molecule has 5 heteroatoms. The Kier molecular flexibility index (Phi) is 5.67. The Morgan fingerprint density at radius 3 is 2.65 bits per heavy atom. The molecule has 2 aromatic carbocycles. The Morgan fingerprint density at radius 2 is 1.88 bits per heavy atom. The molecule has 0 unspecified atom stereocenters. The normalized spacial score (nSPS) is 11.3. The minimum Gasteiger partial charge on any atom is -0.325 e. The van der Waals surface area contributed by atoms with Crippen molar-refractivity contribution in [3.05, 3.63) is 53.9 Å². The molecule has 1 aromatic heterocycles. The van der Waals surface area contributed by atoms with Crippen LogP contribution in [0.1, 0.15) is 25.2 Å². The average Bonchev–Trinajstić information content (AvgIpc) is 2.87. The maximum Gasteiger partial charge on any atom is 0.234 e. The third-order valence-corrected chi connectivity index (χ3v) is 5.34. The first-order valence-corrected chi connectivity index (χ1v) is 9.88. The quantitative estimate of drug-likeness (QED) is 0.621. The predicted octanol–water partition coefficient (Wildman–Crippen LogP) is 5.04. The van der Waals surface area contributed by atoms with Crippen molar-refractivity contribution in [1.29, 1.82) is 0 Å². The second kappa shape index (κ2) is 7.96. The summed E-state index contributed by atoms with van der Waals surface area (Å²) in [5.74, 6) is 0.865. The maximum atomic E-state index is 12.5. The topological polar surface area (TPSA) is 46.9 Å². The number of benzene rings is 2. The predicted molar refractivity (Wildman–Crippen MR) is 110 cm³/mol. The highest BCUT2D eigenvalue weighted by Crippen LogP contribution is 2.25. The van der Waals surface area contributed by atoms with E-state index in [-0.39, 0.29) is 5.91 Å². The Morgan fingerprint density at radius 1 is 1.15 bits per heavy atom. The van der Waals surface area contributed by atoms with E-state index in [1.54, 1.807) is 0 Å². The average molecular weight is 368 g/mol. The molecule has 0 fully saturated rings. The van der Waals surface area contributed by atoms with E-state index < -0.39 is 0 Å². The van der Waals surface area contributed by atoms with Gasteiger partial charge in [0.15, 0.2) is 5.16 Å². The summed E-state index contributed by atoms with van der Waals surface area (Å²) >= 11 is 1.50. The molecule has 0 radical (unpaired) electrons. The molecule has 4 nitrogen and oxygen atoms in total. The fraction of sp³-hybridized carbons (Fsp3) is 0.333. The van der Waals surface area contributed by atoms with Crippen LogP contribution in [0.2, 0.25) is 0 Å². The minimum atomic E-state index is -0.0132. The van der Waals surface area contributed by atoms with Crippen LogP contribution < -0.4 is 5.32 Å². The van der Waals surface area contributed by atoms with Crippen molar-refractivity contribution >= 4 is 34.1 Å². The first kappa shape index (κ1) is 18.5. The summed E-state index contributed by atoms with van der Waals surface area (Å²) in [7, 11) is 0.